The van der Waals surface area contributed by atoms with Crippen molar-refractivity contribution >= 4 is 17.0 Å². The molecule has 2 aromatic rings. The Labute approximate surface area is 112 Å². The molecule has 0 aromatic carbocycles. The number of aromatic nitrogens is 3. The summed E-state index contributed by atoms with van der Waals surface area (Å²) in [6.07, 6.45) is 6.28. The van der Waals surface area contributed by atoms with Crippen LogP contribution in [0, 0.1) is 17.7 Å². The molecule has 104 valence electrons. The van der Waals surface area contributed by atoms with Crippen LogP contribution >= 0.6 is 0 Å². The summed E-state index contributed by atoms with van der Waals surface area (Å²) < 4.78 is 28.8. The number of halogens is 2. The topological polar surface area (TPSA) is 68.0 Å². The Morgan fingerprint density at radius 1 is 1.40 bits per heavy atom. The first-order chi connectivity index (χ1) is 9.56. The number of nitrogens with zero attached hydrogens (tertiary/aromatic N) is 3. The van der Waals surface area contributed by atoms with Gasteiger partial charge in [-0.15, -0.1) is 0 Å². The monoisotopic (exact) mass is 279 g/mol. The van der Waals surface area contributed by atoms with Crippen LogP contribution < -0.4 is 0 Å². The van der Waals surface area contributed by atoms with Gasteiger partial charge in [0.2, 0.25) is 5.95 Å². The minimum Gasteiger partial charge on any atom is -0.481 e. The van der Waals surface area contributed by atoms with Crippen LogP contribution in [0.4, 0.5) is 8.78 Å². The molecular weight excluding hydrogens is 268 g/mol. The lowest BCUT2D eigenvalue weighted by Crippen LogP contribution is -2.09. The predicted octanol–water partition coefficient (Wildman–Crippen LogP) is 2.30. The number of pyridine rings is 1. The second-order valence-corrected chi connectivity index (χ2v) is 4.79. The molecular formula is C13H11F2N3O2. The van der Waals surface area contributed by atoms with Gasteiger partial charge in [-0.25, -0.2) is 14.4 Å². The van der Waals surface area contributed by atoms with E-state index in [9.17, 15) is 13.6 Å². The molecule has 3 rings (SSSR count). The van der Waals surface area contributed by atoms with E-state index in [0.717, 1.165) is 6.20 Å². The second-order valence-electron chi connectivity index (χ2n) is 4.79. The molecule has 0 unspecified atom stereocenters. The number of imidazole rings is 1. The molecule has 0 radical (unpaired) electrons. The van der Waals surface area contributed by atoms with Crippen LogP contribution in [0.2, 0.25) is 0 Å². The molecule has 0 bridgehead atoms. The summed E-state index contributed by atoms with van der Waals surface area (Å²) in [6, 6.07) is -0.234. The zero-order valence-electron chi connectivity index (χ0n) is 10.3. The van der Waals surface area contributed by atoms with Crippen molar-refractivity contribution in [3.05, 3.63) is 36.4 Å². The predicted molar refractivity (Wildman–Crippen MR) is 66.0 cm³/mol. The molecule has 5 nitrogen and oxygen atoms in total. The van der Waals surface area contributed by atoms with Gasteiger partial charge in [0.25, 0.3) is 0 Å². The number of rotatable bonds is 3. The van der Waals surface area contributed by atoms with Crippen LogP contribution in [0.25, 0.3) is 11.0 Å². The zero-order valence-corrected chi connectivity index (χ0v) is 10.3. The van der Waals surface area contributed by atoms with Crippen LogP contribution in [0.1, 0.15) is 18.9 Å². The van der Waals surface area contributed by atoms with E-state index in [1.165, 1.54) is 10.9 Å². The Kier molecular flexibility index (Phi) is 2.96. The average Bonchev–Trinajstić information content (AvgIpc) is 2.99. The number of carboxylic acids is 1. The van der Waals surface area contributed by atoms with Gasteiger partial charge in [0.05, 0.1) is 25.0 Å². The van der Waals surface area contributed by atoms with E-state index in [1.54, 1.807) is 12.2 Å². The summed E-state index contributed by atoms with van der Waals surface area (Å²) >= 11 is 0. The largest absolute Gasteiger partial charge is 0.481 e. The van der Waals surface area contributed by atoms with E-state index in [1.807, 2.05) is 0 Å². The maximum absolute atomic E-state index is 13.8. The highest BCUT2D eigenvalue weighted by molar-refractivity contribution is 5.75. The van der Waals surface area contributed by atoms with Gasteiger partial charge in [-0.3, -0.25) is 4.79 Å². The van der Waals surface area contributed by atoms with Crippen LogP contribution in [0.15, 0.2) is 24.7 Å². The van der Waals surface area contributed by atoms with E-state index in [-0.39, 0.29) is 29.4 Å². The van der Waals surface area contributed by atoms with Crippen molar-refractivity contribution < 1.29 is 18.7 Å². The van der Waals surface area contributed by atoms with Gasteiger partial charge in [0.1, 0.15) is 11.0 Å². The van der Waals surface area contributed by atoms with Crippen LogP contribution in [-0.2, 0) is 4.79 Å². The molecule has 0 fully saturated rings. The maximum Gasteiger partial charge on any atom is 0.303 e. The lowest BCUT2D eigenvalue weighted by Gasteiger charge is -2.13. The average molecular weight is 279 g/mol. The van der Waals surface area contributed by atoms with Crippen molar-refractivity contribution in [1.29, 1.82) is 0 Å². The molecule has 0 amide bonds. The highest BCUT2D eigenvalue weighted by atomic mass is 19.1. The summed E-state index contributed by atoms with van der Waals surface area (Å²) in [5.74, 6) is -2.45. The first-order valence-corrected chi connectivity index (χ1v) is 6.13. The number of hydrogen-bond donors (Lipinski definition) is 1. The van der Waals surface area contributed by atoms with Crippen molar-refractivity contribution in [3.8, 4) is 0 Å². The Morgan fingerprint density at radius 3 is 2.95 bits per heavy atom. The third kappa shape index (κ3) is 2.04. The first kappa shape index (κ1) is 12.7. The fourth-order valence-electron chi connectivity index (χ4n) is 2.56. The van der Waals surface area contributed by atoms with Gasteiger partial charge in [-0.2, -0.15) is 4.39 Å². The Bertz CT molecular complexity index is 711. The molecule has 0 saturated heterocycles. The Hall–Kier alpha value is -2.31. The summed E-state index contributed by atoms with van der Waals surface area (Å²) in [5.41, 5.74) is -0.0526. The molecule has 0 saturated carbocycles. The van der Waals surface area contributed by atoms with Crippen molar-refractivity contribution in [3.63, 3.8) is 0 Å². The highest BCUT2D eigenvalue weighted by Crippen LogP contribution is 2.32. The van der Waals surface area contributed by atoms with Crippen LogP contribution in [-0.4, -0.2) is 25.6 Å². The van der Waals surface area contributed by atoms with Gasteiger partial charge in [0.15, 0.2) is 5.82 Å². The minimum absolute atomic E-state index is 0.00984. The number of hydrogen-bond acceptors (Lipinski definition) is 3. The van der Waals surface area contributed by atoms with Crippen LogP contribution in [0.3, 0.4) is 0 Å². The molecule has 2 heterocycles. The Balaban J connectivity index is 1.95. The van der Waals surface area contributed by atoms with Gasteiger partial charge in [0, 0.05) is 0 Å². The van der Waals surface area contributed by atoms with Gasteiger partial charge in [-0.1, -0.05) is 12.2 Å². The summed E-state index contributed by atoms with van der Waals surface area (Å²) in [4.78, 5) is 17.9. The van der Waals surface area contributed by atoms with Gasteiger partial charge in [-0.05, 0) is 12.3 Å². The van der Waals surface area contributed by atoms with E-state index in [0.29, 0.717) is 6.42 Å². The van der Waals surface area contributed by atoms with Gasteiger partial charge >= 0.3 is 5.97 Å². The smallest absolute Gasteiger partial charge is 0.303 e. The molecule has 0 spiro atoms. The normalized spacial score (nSPS) is 21.7. The fourth-order valence-corrected chi connectivity index (χ4v) is 2.56. The summed E-state index contributed by atoms with van der Waals surface area (Å²) in [5, 5.41) is 8.77. The van der Waals surface area contributed by atoms with Crippen molar-refractivity contribution in [2.75, 3.05) is 0 Å². The SMILES string of the molecule is O=C(O)C[C@@H]1C=C[C@H](n2cnc3c(F)cnc(F)c32)C1. The quantitative estimate of drug-likeness (QED) is 0.691. The molecule has 20 heavy (non-hydrogen) atoms. The summed E-state index contributed by atoms with van der Waals surface area (Å²) in [7, 11) is 0. The minimum atomic E-state index is -0.880. The third-order valence-electron chi connectivity index (χ3n) is 3.45. The van der Waals surface area contributed by atoms with Crippen LogP contribution in [0.5, 0.6) is 0 Å². The number of aliphatic carboxylic acids is 1. The van der Waals surface area contributed by atoms with Crippen molar-refractivity contribution in [1.82, 2.24) is 14.5 Å². The first-order valence-electron chi connectivity index (χ1n) is 6.13. The molecule has 7 heteroatoms. The molecule has 1 aliphatic carbocycles. The fraction of sp³-hybridized carbons (Fsp3) is 0.308. The second kappa shape index (κ2) is 4.66. The van der Waals surface area contributed by atoms with E-state index >= 15 is 0 Å². The number of allylic oxidation sites excluding steroid dienone is 2. The molecule has 1 aliphatic rings. The zero-order chi connectivity index (χ0) is 14.3. The van der Waals surface area contributed by atoms with Crippen molar-refractivity contribution in [2.45, 2.75) is 18.9 Å². The van der Waals surface area contributed by atoms with E-state index in [4.69, 9.17) is 5.11 Å². The molecule has 2 atom stereocenters. The molecule has 0 aliphatic heterocycles. The molecule has 2 aromatic heterocycles. The summed E-state index contributed by atoms with van der Waals surface area (Å²) in [6.45, 7) is 0. The number of fused-ring (bicyclic) bond motifs is 1. The third-order valence-corrected chi connectivity index (χ3v) is 3.45. The standard InChI is InChI=1S/C13H11F2N3O2/c14-9-5-16-13(15)12-11(9)17-6-18(12)8-2-1-7(3-8)4-10(19)20/h1-2,5-8H,3-4H2,(H,19,20)/t7-,8+/m1/s1. The lowest BCUT2D eigenvalue weighted by atomic mass is 10.0. The van der Waals surface area contributed by atoms with E-state index in [2.05, 4.69) is 9.97 Å². The van der Waals surface area contributed by atoms with E-state index < -0.39 is 17.7 Å². The molecule has 1 N–H and O–H groups in total. The number of carboxylic acid groups (broad SMARTS) is 1. The van der Waals surface area contributed by atoms with Gasteiger partial charge < -0.3 is 9.67 Å². The number of carbonyl (C=O) groups is 1. The van der Waals surface area contributed by atoms with Crippen molar-refractivity contribution in [2.24, 2.45) is 5.92 Å². The Morgan fingerprint density at radius 2 is 2.20 bits per heavy atom. The lowest BCUT2D eigenvalue weighted by molar-refractivity contribution is -0.137. The highest BCUT2D eigenvalue weighted by Gasteiger charge is 2.25. The maximum atomic E-state index is 13.8.